The van der Waals surface area contributed by atoms with Crippen LogP contribution in [0.2, 0.25) is 0 Å². The standard InChI is InChI=1S/C23H23N3O3S/c27-23(15-17-24-30(28,29)18-16-19-7-3-1-4-8-19)26-22-13-11-21(12-14-22)25-20-9-5-2-6-10-20/h1-14,16,18,24-25H,15,17H2,(H,26,27)/b18-16+. The predicted molar refractivity (Wildman–Crippen MR) is 122 cm³/mol. The molecule has 3 aromatic rings. The van der Waals surface area contributed by atoms with Gasteiger partial charge in [-0.1, -0.05) is 48.5 Å². The summed E-state index contributed by atoms with van der Waals surface area (Å²) in [5.74, 6) is -0.270. The normalized spacial score (nSPS) is 11.3. The molecule has 0 saturated heterocycles. The van der Waals surface area contributed by atoms with Gasteiger partial charge in [-0.15, -0.1) is 0 Å². The van der Waals surface area contributed by atoms with Crippen LogP contribution < -0.4 is 15.4 Å². The van der Waals surface area contributed by atoms with Gasteiger partial charge in [-0.3, -0.25) is 4.79 Å². The van der Waals surface area contributed by atoms with Crippen LogP contribution in [0.5, 0.6) is 0 Å². The minimum atomic E-state index is -3.60. The fraction of sp³-hybridized carbons (Fsp3) is 0.0870. The van der Waals surface area contributed by atoms with Crippen molar-refractivity contribution in [2.45, 2.75) is 6.42 Å². The summed E-state index contributed by atoms with van der Waals surface area (Å²) >= 11 is 0. The van der Waals surface area contributed by atoms with Gasteiger partial charge in [0.1, 0.15) is 0 Å². The lowest BCUT2D eigenvalue weighted by atomic mass is 10.2. The number of hydrogen-bond acceptors (Lipinski definition) is 4. The lowest BCUT2D eigenvalue weighted by Crippen LogP contribution is -2.26. The third kappa shape index (κ3) is 7.20. The van der Waals surface area contributed by atoms with Crippen molar-refractivity contribution in [3.05, 3.63) is 95.9 Å². The highest BCUT2D eigenvalue weighted by Gasteiger charge is 2.07. The average molecular weight is 422 g/mol. The number of carbonyl (C=O) groups is 1. The van der Waals surface area contributed by atoms with E-state index in [4.69, 9.17) is 0 Å². The molecule has 0 spiro atoms. The van der Waals surface area contributed by atoms with Gasteiger partial charge < -0.3 is 10.6 Å². The molecule has 0 aromatic heterocycles. The van der Waals surface area contributed by atoms with Gasteiger partial charge in [0, 0.05) is 35.4 Å². The summed E-state index contributed by atoms with van der Waals surface area (Å²) in [6.07, 6.45) is 1.54. The molecule has 0 aliphatic carbocycles. The molecular formula is C23H23N3O3S. The first-order valence-corrected chi connectivity index (χ1v) is 11.0. The Bertz CT molecular complexity index is 1080. The number of nitrogens with one attached hydrogen (secondary N) is 3. The Morgan fingerprint density at radius 1 is 0.767 bits per heavy atom. The second-order valence-electron chi connectivity index (χ2n) is 6.52. The Morgan fingerprint density at radius 3 is 2.00 bits per heavy atom. The molecule has 3 N–H and O–H groups in total. The first-order valence-electron chi connectivity index (χ1n) is 9.45. The van der Waals surface area contributed by atoms with Crippen LogP contribution in [0.25, 0.3) is 6.08 Å². The Hall–Kier alpha value is -3.42. The fourth-order valence-corrected chi connectivity index (χ4v) is 3.45. The van der Waals surface area contributed by atoms with Crippen molar-refractivity contribution in [3.63, 3.8) is 0 Å². The van der Waals surface area contributed by atoms with Gasteiger partial charge in [-0.25, -0.2) is 13.1 Å². The van der Waals surface area contributed by atoms with Crippen LogP contribution in [0.4, 0.5) is 17.1 Å². The number of para-hydroxylation sites is 1. The molecule has 3 rings (SSSR count). The molecule has 3 aromatic carbocycles. The molecule has 0 heterocycles. The summed E-state index contributed by atoms with van der Waals surface area (Å²) in [5.41, 5.74) is 3.30. The Morgan fingerprint density at radius 2 is 1.33 bits per heavy atom. The van der Waals surface area contributed by atoms with E-state index in [0.717, 1.165) is 22.3 Å². The zero-order chi connectivity index (χ0) is 21.2. The molecule has 0 radical (unpaired) electrons. The van der Waals surface area contributed by atoms with E-state index in [1.807, 2.05) is 60.7 Å². The Kier molecular flexibility index (Phi) is 7.37. The second-order valence-corrected chi connectivity index (χ2v) is 8.17. The number of carbonyl (C=O) groups excluding carboxylic acids is 1. The van der Waals surface area contributed by atoms with E-state index >= 15 is 0 Å². The van der Waals surface area contributed by atoms with Crippen molar-refractivity contribution >= 4 is 39.1 Å². The van der Waals surface area contributed by atoms with E-state index in [9.17, 15) is 13.2 Å². The maximum Gasteiger partial charge on any atom is 0.233 e. The molecule has 0 bridgehead atoms. The number of hydrogen-bond donors (Lipinski definition) is 3. The van der Waals surface area contributed by atoms with Gasteiger partial charge in [0.15, 0.2) is 0 Å². The first-order chi connectivity index (χ1) is 14.5. The molecule has 30 heavy (non-hydrogen) atoms. The number of anilines is 3. The van der Waals surface area contributed by atoms with Crippen LogP contribution in [0, 0.1) is 0 Å². The highest BCUT2D eigenvalue weighted by molar-refractivity contribution is 7.92. The van der Waals surface area contributed by atoms with E-state index in [1.54, 1.807) is 24.3 Å². The predicted octanol–water partition coefficient (Wildman–Crippen LogP) is 4.35. The Balaban J connectivity index is 1.43. The van der Waals surface area contributed by atoms with Crippen LogP contribution in [0.15, 0.2) is 90.3 Å². The van der Waals surface area contributed by atoms with Crippen LogP contribution in [-0.4, -0.2) is 20.9 Å². The molecule has 6 nitrogen and oxygen atoms in total. The van der Waals surface area contributed by atoms with Crippen molar-refractivity contribution in [1.29, 1.82) is 0 Å². The largest absolute Gasteiger partial charge is 0.356 e. The average Bonchev–Trinajstić information content (AvgIpc) is 2.75. The minimum absolute atomic E-state index is 0.0148. The van der Waals surface area contributed by atoms with Gasteiger partial charge in [-0.2, -0.15) is 0 Å². The SMILES string of the molecule is O=C(CCNS(=O)(=O)/C=C/c1ccccc1)Nc1ccc(Nc2ccccc2)cc1. The summed E-state index contributed by atoms with van der Waals surface area (Å²) in [5, 5.41) is 7.12. The monoisotopic (exact) mass is 421 g/mol. The summed E-state index contributed by atoms with van der Waals surface area (Å²) in [4.78, 5) is 12.1. The van der Waals surface area contributed by atoms with Crippen molar-refractivity contribution in [2.75, 3.05) is 17.2 Å². The third-order valence-electron chi connectivity index (χ3n) is 4.13. The molecule has 1 amide bonds. The first kappa shape index (κ1) is 21.3. The molecule has 0 atom stereocenters. The van der Waals surface area contributed by atoms with E-state index in [0.29, 0.717) is 5.69 Å². The van der Waals surface area contributed by atoms with E-state index < -0.39 is 10.0 Å². The van der Waals surface area contributed by atoms with Gasteiger partial charge in [0.2, 0.25) is 15.9 Å². The number of amides is 1. The van der Waals surface area contributed by atoms with Crippen molar-refractivity contribution in [1.82, 2.24) is 4.72 Å². The molecule has 0 fully saturated rings. The second kappa shape index (κ2) is 10.4. The summed E-state index contributed by atoms with van der Waals surface area (Å²) < 4.78 is 26.4. The van der Waals surface area contributed by atoms with Crippen LogP contribution in [0.1, 0.15) is 12.0 Å². The van der Waals surface area contributed by atoms with Gasteiger partial charge in [0.05, 0.1) is 0 Å². The quantitative estimate of drug-likeness (QED) is 0.479. The lowest BCUT2D eigenvalue weighted by molar-refractivity contribution is -0.116. The molecule has 0 saturated carbocycles. The minimum Gasteiger partial charge on any atom is -0.356 e. The van der Waals surface area contributed by atoms with E-state index in [2.05, 4.69) is 15.4 Å². The van der Waals surface area contributed by atoms with Crippen molar-refractivity contribution < 1.29 is 13.2 Å². The summed E-state index contributed by atoms with van der Waals surface area (Å²) in [6.45, 7) is 0.0148. The highest BCUT2D eigenvalue weighted by Crippen LogP contribution is 2.18. The van der Waals surface area contributed by atoms with E-state index in [1.165, 1.54) is 6.08 Å². The number of rotatable bonds is 9. The molecule has 0 aliphatic rings. The third-order valence-corrected chi connectivity index (χ3v) is 5.23. The molecule has 0 aliphatic heterocycles. The lowest BCUT2D eigenvalue weighted by Gasteiger charge is -2.09. The van der Waals surface area contributed by atoms with Gasteiger partial charge >= 0.3 is 0 Å². The van der Waals surface area contributed by atoms with Crippen molar-refractivity contribution in [2.24, 2.45) is 0 Å². The Labute approximate surface area is 176 Å². The maximum absolute atomic E-state index is 12.1. The van der Waals surface area contributed by atoms with Crippen LogP contribution in [-0.2, 0) is 14.8 Å². The van der Waals surface area contributed by atoms with Gasteiger partial charge in [-0.05, 0) is 48.0 Å². The fourth-order valence-electron chi connectivity index (χ4n) is 2.64. The molecule has 7 heteroatoms. The smallest absolute Gasteiger partial charge is 0.233 e. The van der Waals surface area contributed by atoms with Gasteiger partial charge in [0.25, 0.3) is 0 Å². The van der Waals surface area contributed by atoms with E-state index in [-0.39, 0.29) is 18.9 Å². The van der Waals surface area contributed by atoms with Crippen molar-refractivity contribution in [3.8, 4) is 0 Å². The summed E-state index contributed by atoms with van der Waals surface area (Å²) in [6, 6.07) is 26.2. The number of benzene rings is 3. The maximum atomic E-state index is 12.1. The number of sulfonamides is 1. The van der Waals surface area contributed by atoms with Crippen LogP contribution in [0.3, 0.4) is 0 Å². The highest BCUT2D eigenvalue weighted by atomic mass is 32.2. The molecular weight excluding hydrogens is 398 g/mol. The zero-order valence-electron chi connectivity index (χ0n) is 16.3. The molecule has 154 valence electrons. The van der Waals surface area contributed by atoms with Crippen LogP contribution >= 0.6 is 0 Å². The molecule has 0 unspecified atom stereocenters. The topological polar surface area (TPSA) is 87.3 Å². The zero-order valence-corrected chi connectivity index (χ0v) is 17.1. The summed E-state index contributed by atoms with van der Waals surface area (Å²) in [7, 11) is -3.60.